The molecule has 5 nitrogen and oxygen atoms in total. The van der Waals surface area contributed by atoms with E-state index in [1.807, 2.05) is 24.5 Å². The van der Waals surface area contributed by atoms with Gasteiger partial charge in [-0.1, -0.05) is 24.3 Å². The minimum absolute atomic E-state index is 0.148. The van der Waals surface area contributed by atoms with Gasteiger partial charge in [-0.3, -0.25) is 14.7 Å². The van der Waals surface area contributed by atoms with Crippen LogP contribution in [-0.2, 0) is 11.3 Å². The molecule has 1 saturated heterocycles. The van der Waals surface area contributed by atoms with Crippen LogP contribution in [0.15, 0.2) is 48.8 Å². The first-order chi connectivity index (χ1) is 14.2. The van der Waals surface area contributed by atoms with Crippen LogP contribution in [0.25, 0.3) is 0 Å². The molecule has 3 aliphatic rings. The largest absolute Gasteiger partial charge is 0.487 e. The molecule has 3 heterocycles. The number of hydrogen-bond acceptors (Lipinski definition) is 4. The number of hydrogen-bond donors (Lipinski definition) is 1. The van der Waals surface area contributed by atoms with E-state index in [0.29, 0.717) is 12.5 Å². The van der Waals surface area contributed by atoms with Crippen molar-refractivity contribution in [2.24, 2.45) is 0 Å². The summed E-state index contributed by atoms with van der Waals surface area (Å²) >= 11 is 0. The summed E-state index contributed by atoms with van der Waals surface area (Å²) in [4.78, 5) is 19.3. The Balaban J connectivity index is 1.27. The fourth-order valence-corrected chi connectivity index (χ4v) is 4.84. The van der Waals surface area contributed by atoms with E-state index in [1.165, 1.54) is 11.1 Å². The topological polar surface area (TPSA) is 54.5 Å². The van der Waals surface area contributed by atoms with Crippen molar-refractivity contribution in [3.05, 3.63) is 59.9 Å². The van der Waals surface area contributed by atoms with Gasteiger partial charge in [-0.05, 0) is 55.4 Å². The van der Waals surface area contributed by atoms with Gasteiger partial charge in [0.2, 0.25) is 5.91 Å². The van der Waals surface area contributed by atoms with Crippen molar-refractivity contribution in [3.63, 3.8) is 0 Å². The maximum Gasteiger partial charge on any atom is 0.220 e. The van der Waals surface area contributed by atoms with Crippen molar-refractivity contribution in [2.75, 3.05) is 13.1 Å². The third-order valence-corrected chi connectivity index (χ3v) is 6.57. The second-order valence-corrected chi connectivity index (χ2v) is 8.91. The van der Waals surface area contributed by atoms with Gasteiger partial charge in [-0.15, -0.1) is 0 Å². The Labute approximate surface area is 172 Å². The quantitative estimate of drug-likeness (QED) is 0.845. The lowest BCUT2D eigenvalue weighted by Gasteiger charge is -2.47. The smallest absolute Gasteiger partial charge is 0.220 e. The number of ether oxygens (including phenoxy) is 1. The number of fused-ring (bicyclic) bond motifs is 1. The lowest BCUT2D eigenvalue weighted by molar-refractivity contribution is -0.122. The SMILES string of the molecule is O=C(CC1CC2(CCN(Cc3cccnc3)CC2)Oc2ccccc21)NC1CC1. The molecule has 1 unspecified atom stereocenters. The zero-order valence-corrected chi connectivity index (χ0v) is 16.8. The van der Waals surface area contributed by atoms with Crippen LogP contribution in [0.5, 0.6) is 5.75 Å². The van der Waals surface area contributed by atoms with Crippen molar-refractivity contribution >= 4 is 5.91 Å². The van der Waals surface area contributed by atoms with Gasteiger partial charge < -0.3 is 10.1 Å². The molecule has 1 spiro atoms. The van der Waals surface area contributed by atoms with Crippen LogP contribution in [0.4, 0.5) is 0 Å². The number of nitrogens with zero attached hydrogens (tertiary/aromatic N) is 2. The van der Waals surface area contributed by atoms with Crippen LogP contribution in [-0.4, -0.2) is 40.5 Å². The van der Waals surface area contributed by atoms with Crippen LogP contribution in [0.3, 0.4) is 0 Å². The predicted octanol–water partition coefficient (Wildman–Crippen LogP) is 3.65. The highest BCUT2D eigenvalue weighted by atomic mass is 16.5. The van der Waals surface area contributed by atoms with E-state index in [2.05, 4.69) is 39.5 Å². The highest BCUT2D eigenvalue weighted by Gasteiger charge is 2.43. The van der Waals surface area contributed by atoms with Gasteiger partial charge in [0, 0.05) is 50.4 Å². The Bertz CT molecular complexity index is 857. The maximum absolute atomic E-state index is 12.5. The van der Waals surface area contributed by atoms with Gasteiger partial charge in [0.1, 0.15) is 11.4 Å². The molecule has 1 amide bonds. The molecule has 152 valence electrons. The van der Waals surface area contributed by atoms with Crippen LogP contribution < -0.4 is 10.1 Å². The summed E-state index contributed by atoms with van der Waals surface area (Å²) in [6.45, 7) is 2.96. The average Bonchev–Trinajstić information content (AvgIpc) is 3.55. The fourth-order valence-electron chi connectivity index (χ4n) is 4.84. The summed E-state index contributed by atoms with van der Waals surface area (Å²) in [5.74, 6) is 1.41. The molecule has 1 aliphatic carbocycles. The molecule has 5 heteroatoms. The zero-order chi connectivity index (χ0) is 19.7. The van der Waals surface area contributed by atoms with E-state index in [-0.39, 0.29) is 17.4 Å². The van der Waals surface area contributed by atoms with Crippen LogP contribution in [0.1, 0.15) is 55.6 Å². The van der Waals surface area contributed by atoms with Crippen molar-refractivity contribution < 1.29 is 9.53 Å². The number of aromatic nitrogens is 1. The normalized spacial score (nSPS) is 23.2. The van der Waals surface area contributed by atoms with Gasteiger partial charge in [-0.25, -0.2) is 0 Å². The summed E-state index contributed by atoms with van der Waals surface area (Å²) in [6.07, 6.45) is 9.54. The lowest BCUT2D eigenvalue weighted by Crippen LogP contribution is -2.50. The van der Waals surface area contributed by atoms with E-state index in [0.717, 1.165) is 57.5 Å². The number of benzene rings is 1. The molecule has 2 aliphatic heterocycles. The number of piperidine rings is 1. The molecule has 1 N–H and O–H groups in total. The van der Waals surface area contributed by atoms with E-state index in [9.17, 15) is 4.79 Å². The van der Waals surface area contributed by atoms with Crippen molar-refractivity contribution in [3.8, 4) is 5.75 Å². The molecular formula is C24H29N3O2. The number of carbonyl (C=O) groups excluding carboxylic acids is 1. The number of amides is 1. The maximum atomic E-state index is 12.5. The first kappa shape index (κ1) is 18.6. The second-order valence-electron chi connectivity index (χ2n) is 8.91. The van der Waals surface area contributed by atoms with Crippen molar-refractivity contribution in [1.29, 1.82) is 0 Å². The Morgan fingerprint density at radius 2 is 2.00 bits per heavy atom. The van der Waals surface area contributed by atoms with Gasteiger partial charge in [0.15, 0.2) is 0 Å². The number of pyridine rings is 1. The van der Waals surface area contributed by atoms with Gasteiger partial charge >= 0.3 is 0 Å². The Morgan fingerprint density at radius 1 is 1.17 bits per heavy atom. The standard InChI is InChI=1S/C24H29N3O2/c28-23(26-20-7-8-20)14-19-15-24(29-22-6-2-1-5-21(19)22)9-12-27(13-10-24)17-18-4-3-11-25-16-18/h1-6,11,16,19-20H,7-10,12-15,17H2,(H,26,28). The summed E-state index contributed by atoms with van der Waals surface area (Å²) in [5.41, 5.74) is 2.31. The Kier molecular flexibility index (Phi) is 5.00. The Morgan fingerprint density at radius 3 is 2.76 bits per heavy atom. The van der Waals surface area contributed by atoms with Crippen LogP contribution >= 0.6 is 0 Å². The van der Waals surface area contributed by atoms with Gasteiger partial charge in [0.25, 0.3) is 0 Å². The first-order valence-corrected chi connectivity index (χ1v) is 10.9. The second kappa shape index (κ2) is 7.79. The minimum Gasteiger partial charge on any atom is -0.487 e. The van der Waals surface area contributed by atoms with Gasteiger partial charge in [-0.2, -0.15) is 0 Å². The number of para-hydroxylation sites is 1. The van der Waals surface area contributed by atoms with E-state index < -0.39 is 0 Å². The first-order valence-electron chi connectivity index (χ1n) is 10.9. The van der Waals surface area contributed by atoms with Crippen LogP contribution in [0, 0.1) is 0 Å². The number of rotatable bonds is 5. The van der Waals surface area contributed by atoms with Crippen molar-refractivity contribution in [1.82, 2.24) is 15.2 Å². The molecule has 1 aromatic heterocycles. The summed E-state index contributed by atoms with van der Waals surface area (Å²) in [5, 5.41) is 3.16. The fraction of sp³-hybridized carbons (Fsp3) is 0.500. The minimum atomic E-state index is -0.148. The number of nitrogens with one attached hydrogen (secondary N) is 1. The average molecular weight is 392 g/mol. The predicted molar refractivity (Wildman–Crippen MR) is 112 cm³/mol. The third-order valence-electron chi connectivity index (χ3n) is 6.57. The van der Waals surface area contributed by atoms with E-state index >= 15 is 0 Å². The number of carbonyl (C=O) groups is 1. The highest BCUT2D eigenvalue weighted by Crippen LogP contribution is 2.46. The molecule has 1 aromatic carbocycles. The van der Waals surface area contributed by atoms with E-state index in [1.54, 1.807) is 0 Å². The van der Waals surface area contributed by atoms with E-state index in [4.69, 9.17) is 4.74 Å². The summed E-state index contributed by atoms with van der Waals surface area (Å²) in [7, 11) is 0. The molecule has 0 radical (unpaired) electrons. The lowest BCUT2D eigenvalue weighted by atomic mass is 9.76. The third kappa shape index (κ3) is 4.30. The summed E-state index contributed by atoms with van der Waals surface area (Å²) in [6, 6.07) is 12.9. The van der Waals surface area contributed by atoms with Crippen molar-refractivity contribution in [2.45, 2.75) is 62.6 Å². The molecule has 0 bridgehead atoms. The molecule has 5 rings (SSSR count). The molecular weight excluding hydrogens is 362 g/mol. The molecule has 1 atom stereocenters. The molecule has 2 fully saturated rings. The highest BCUT2D eigenvalue weighted by molar-refractivity contribution is 5.77. The zero-order valence-electron chi connectivity index (χ0n) is 16.8. The summed E-state index contributed by atoms with van der Waals surface area (Å²) < 4.78 is 6.59. The number of likely N-dealkylation sites (tertiary alicyclic amines) is 1. The Hall–Kier alpha value is -2.40. The van der Waals surface area contributed by atoms with Crippen LogP contribution in [0.2, 0.25) is 0 Å². The van der Waals surface area contributed by atoms with Gasteiger partial charge in [0.05, 0.1) is 0 Å². The molecule has 29 heavy (non-hydrogen) atoms. The monoisotopic (exact) mass is 391 g/mol. The molecule has 2 aromatic rings. The molecule has 1 saturated carbocycles.